The Morgan fingerprint density at radius 1 is 0.840 bits per heavy atom. The Labute approximate surface area is 147 Å². The average molecular weight is 350 g/mol. The van der Waals surface area contributed by atoms with Gasteiger partial charge in [-0.3, -0.25) is 4.90 Å². The van der Waals surface area contributed by atoms with Gasteiger partial charge in [0.2, 0.25) is 6.30 Å². The van der Waals surface area contributed by atoms with E-state index in [-0.39, 0.29) is 6.15 Å². The van der Waals surface area contributed by atoms with Crippen LogP contribution in [0.4, 0.5) is 13.2 Å². The molecule has 136 valence electrons. The molecule has 0 spiro atoms. The van der Waals surface area contributed by atoms with Gasteiger partial charge in [0.1, 0.15) is 0 Å². The molecule has 1 heterocycles. The summed E-state index contributed by atoms with van der Waals surface area (Å²) in [4.78, 5) is 1.40. The molecule has 1 atom stereocenters. The molecule has 5 heteroatoms. The molecule has 3 N–H and O–H groups in total. The highest BCUT2D eigenvalue weighted by Crippen LogP contribution is 2.39. The maximum Gasteiger partial charge on any atom is 0.282 e. The van der Waals surface area contributed by atoms with Crippen molar-refractivity contribution in [3.05, 3.63) is 71.8 Å². The second-order valence-electron chi connectivity index (χ2n) is 6.55. The van der Waals surface area contributed by atoms with Crippen LogP contribution in [-0.2, 0) is 12.8 Å². The number of halogens is 3. The van der Waals surface area contributed by atoms with Crippen LogP contribution in [-0.4, -0.2) is 29.7 Å². The Kier molecular flexibility index (Phi) is 6.62. The lowest BCUT2D eigenvalue weighted by Crippen LogP contribution is -2.53. The first kappa shape index (κ1) is 19.5. The molecule has 0 radical (unpaired) electrons. The summed E-state index contributed by atoms with van der Waals surface area (Å²) in [6.45, 7) is 0.380. The highest BCUT2D eigenvalue weighted by atomic mass is 19.3. The van der Waals surface area contributed by atoms with Crippen LogP contribution in [0.5, 0.6) is 0 Å². The van der Waals surface area contributed by atoms with E-state index in [1.54, 1.807) is 0 Å². The molecule has 1 fully saturated rings. The van der Waals surface area contributed by atoms with Crippen molar-refractivity contribution in [1.29, 1.82) is 0 Å². The first-order valence-corrected chi connectivity index (χ1v) is 8.38. The zero-order chi connectivity index (χ0) is 17.0. The van der Waals surface area contributed by atoms with Gasteiger partial charge < -0.3 is 6.15 Å². The number of likely N-dealkylation sites (tertiary alicyclic amines) is 1. The predicted molar refractivity (Wildman–Crippen MR) is 94.9 cm³/mol. The van der Waals surface area contributed by atoms with E-state index in [4.69, 9.17) is 0 Å². The minimum absolute atomic E-state index is 0. The van der Waals surface area contributed by atoms with Gasteiger partial charge >= 0.3 is 0 Å². The monoisotopic (exact) mass is 350 g/mol. The number of benzene rings is 2. The summed E-state index contributed by atoms with van der Waals surface area (Å²) in [6, 6.07) is 19.5. The smallest absolute Gasteiger partial charge is 0.282 e. The third-order valence-corrected chi connectivity index (χ3v) is 4.91. The van der Waals surface area contributed by atoms with Crippen molar-refractivity contribution in [1.82, 2.24) is 11.1 Å². The molecule has 2 aromatic carbocycles. The molecular formula is C20H25F3N2. The number of rotatable bonds is 6. The molecule has 3 rings (SSSR count). The van der Waals surface area contributed by atoms with E-state index in [1.807, 2.05) is 60.7 Å². The van der Waals surface area contributed by atoms with E-state index in [1.165, 1.54) is 4.90 Å². The topological polar surface area (TPSA) is 38.2 Å². The lowest BCUT2D eigenvalue weighted by atomic mass is 9.82. The van der Waals surface area contributed by atoms with Gasteiger partial charge in [-0.15, -0.1) is 0 Å². The number of hydrogen-bond donors (Lipinski definition) is 1. The van der Waals surface area contributed by atoms with Crippen LogP contribution in [0.2, 0.25) is 0 Å². The van der Waals surface area contributed by atoms with Crippen LogP contribution in [0.3, 0.4) is 0 Å². The van der Waals surface area contributed by atoms with E-state index in [0.29, 0.717) is 19.4 Å². The van der Waals surface area contributed by atoms with Gasteiger partial charge in [0.05, 0.1) is 0 Å². The minimum Gasteiger partial charge on any atom is -0.344 e. The average Bonchev–Trinajstić information content (AvgIpc) is 2.98. The van der Waals surface area contributed by atoms with Crippen LogP contribution in [0.25, 0.3) is 0 Å². The summed E-state index contributed by atoms with van der Waals surface area (Å²) in [7, 11) is 0. The lowest BCUT2D eigenvalue weighted by molar-refractivity contribution is -0.0820. The molecule has 1 unspecified atom stereocenters. The van der Waals surface area contributed by atoms with Crippen molar-refractivity contribution in [2.75, 3.05) is 6.54 Å². The van der Waals surface area contributed by atoms with Crippen LogP contribution in [0.1, 0.15) is 24.0 Å². The molecule has 0 saturated carbocycles. The summed E-state index contributed by atoms with van der Waals surface area (Å²) in [5.74, 6) is 0. The van der Waals surface area contributed by atoms with Crippen LogP contribution >= 0.6 is 0 Å². The van der Waals surface area contributed by atoms with Gasteiger partial charge in [0, 0.05) is 12.1 Å². The van der Waals surface area contributed by atoms with Crippen molar-refractivity contribution in [3.8, 4) is 0 Å². The van der Waals surface area contributed by atoms with Gasteiger partial charge in [0.15, 0.2) is 0 Å². The highest BCUT2D eigenvalue weighted by Gasteiger charge is 2.46. The Morgan fingerprint density at radius 2 is 1.32 bits per heavy atom. The van der Waals surface area contributed by atoms with Gasteiger partial charge in [-0.25, -0.2) is 13.2 Å². The van der Waals surface area contributed by atoms with E-state index >= 15 is 0 Å². The fourth-order valence-electron chi connectivity index (χ4n) is 3.87. The summed E-state index contributed by atoms with van der Waals surface area (Å²) in [6.07, 6.45) is -2.56. The maximum atomic E-state index is 14.3. The van der Waals surface area contributed by atoms with Crippen LogP contribution in [0, 0.1) is 0 Å². The molecule has 0 amide bonds. The molecular weight excluding hydrogens is 325 g/mol. The van der Waals surface area contributed by atoms with Crippen molar-refractivity contribution in [2.45, 2.75) is 43.9 Å². The van der Waals surface area contributed by atoms with E-state index in [2.05, 4.69) is 0 Å². The normalized spacial score (nSPS) is 18.1. The van der Waals surface area contributed by atoms with Gasteiger partial charge in [-0.05, 0) is 36.8 Å². The number of nitrogens with zero attached hydrogens (tertiary/aromatic N) is 1. The Balaban J connectivity index is 0.00000225. The lowest BCUT2D eigenvalue weighted by Gasteiger charge is -2.40. The summed E-state index contributed by atoms with van der Waals surface area (Å²) in [5, 5.41) is 0. The molecule has 2 aromatic rings. The van der Waals surface area contributed by atoms with Gasteiger partial charge in [-0.1, -0.05) is 60.7 Å². The maximum absolute atomic E-state index is 14.3. The Morgan fingerprint density at radius 3 is 1.76 bits per heavy atom. The zero-order valence-electron chi connectivity index (χ0n) is 14.3. The first-order valence-electron chi connectivity index (χ1n) is 8.38. The van der Waals surface area contributed by atoms with Gasteiger partial charge in [-0.2, -0.15) is 0 Å². The van der Waals surface area contributed by atoms with Crippen molar-refractivity contribution < 1.29 is 13.2 Å². The third kappa shape index (κ3) is 4.41. The Bertz CT molecular complexity index is 592. The zero-order valence-corrected chi connectivity index (χ0v) is 14.3. The third-order valence-electron chi connectivity index (χ3n) is 4.91. The largest absolute Gasteiger partial charge is 0.344 e. The van der Waals surface area contributed by atoms with E-state index in [9.17, 15) is 13.2 Å². The summed E-state index contributed by atoms with van der Waals surface area (Å²) >= 11 is 0. The molecule has 1 saturated heterocycles. The first-order chi connectivity index (χ1) is 11.6. The van der Waals surface area contributed by atoms with Crippen molar-refractivity contribution in [3.63, 3.8) is 0 Å². The van der Waals surface area contributed by atoms with Crippen molar-refractivity contribution >= 4 is 0 Å². The molecule has 0 aromatic heterocycles. The van der Waals surface area contributed by atoms with Crippen molar-refractivity contribution in [2.24, 2.45) is 0 Å². The second-order valence-corrected chi connectivity index (χ2v) is 6.55. The number of hydrogen-bond acceptors (Lipinski definition) is 2. The minimum atomic E-state index is -2.98. The van der Waals surface area contributed by atoms with E-state index in [0.717, 1.165) is 24.0 Å². The van der Waals surface area contributed by atoms with E-state index < -0.39 is 18.3 Å². The highest BCUT2D eigenvalue weighted by molar-refractivity contribution is 5.24. The second kappa shape index (κ2) is 8.50. The summed E-state index contributed by atoms with van der Waals surface area (Å²) in [5.41, 5.74) is 1.52. The molecule has 1 aliphatic heterocycles. The Hall–Kier alpha value is -1.85. The number of alkyl halides is 3. The predicted octanol–water partition coefficient (Wildman–Crippen LogP) is 5.03. The van der Waals surface area contributed by atoms with Crippen LogP contribution in [0.15, 0.2) is 60.7 Å². The molecule has 1 aliphatic rings. The quantitative estimate of drug-likeness (QED) is 0.742. The fraction of sp³-hybridized carbons (Fsp3) is 0.400. The molecule has 2 nitrogen and oxygen atoms in total. The van der Waals surface area contributed by atoms with Gasteiger partial charge in [0.25, 0.3) is 6.43 Å². The van der Waals surface area contributed by atoms with Crippen LogP contribution < -0.4 is 6.15 Å². The SMILES string of the molecule is FC(F)C(F)N1CCCC1(Cc1ccccc1)Cc1ccccc1.N. The fourth-order valence-corrected chi connectivity index (χ4v) is 3.87. The molecule has 0 aliphatic carbocycles. The molecule has 25 heavy (non-hydrogen) atoms. The standard InChI is InChI=1S/C20H22F3N.H3N/c21-18(22)19(23)24-13-7-12-20(24,14-16-8-3-1-4-9-16)15-17-10-5-2-6-11-17;/h1-6,8-11,18-19H,7,12-15H2;1H3. The molecule has 0 bridgehead atoms. The summed E-state index contributed by atoms with van der Waals surface area (Å²) < 4.78 is 40.5.